The zero-order chi connectivity index (χ0) is 20.5. The van der Waals surface area contributed by atoms with Crippen LogP contribution < -0.4 is 5.32 Å². The van der Waals surface area contributed by atoms with Crippen LogP contribution in [0.2, 0.25) is 0 Å². The summed E-state index contributed by atoms with van der Waals surface area (Å²) in [5.41, 5.74) is 6.09. The molecule has 3 heterocycles. The van der Waals surface area contributed by atoms with Gasteiger partial charge in [-0.25, -0.2) is 0 Å². The number of amides is 1. The van der Waals surface area contributed by atoms with Crippen LogP contribution in [0.15, 0.2) is 42.6 Å². The van der Waals surface area contributed by atoms with Crippen LogP contribution in [0.5, 0.6) is 0 Å². The number of para-hydroxylation sites is 1. The van der Waals surface area contributed by atoms with E-state index in [9.17, 15) is 4.79 Å². The molecule has 29 heavy (non-hydrogen) atoms. The molecule has 0 spiro atoms. The van der Waals surface area contributed by atoms with E-state index in [0.29, 0.717) is 13.2 Å². The van der Waals surface area contributed by atoms with Crippen molar-refractivity contribution in [3.63, 3.8) is 0 Å². The first-order valence-corrected chi connectivity index (χ1v) is 10.1. The molecule has 152 valence electrons. The summed E-state index contributed by atoms with van der Waals surface area (Å²) in [7, 11) is 1.92. The summed E-state index contributed by atoms with van der Waals surface area (Å²) in [6.45, 7) is 7.43. The number of ether oxygens (including phenoxy) is 1. The summed E-state index contributed by atoms with van der Waals surface area (Å²) in [5.74, 6) is 0.211. The highest BCUT2D eigenvalue weighted by atomic mass is 16.5. The zero-order valence-corrected chi connectivity index (χ0v) is 17.5. The molecule has 2 atom stereocenters. The normalized spacial score (nSPS) is 18.9. The molecule has 1 aliphatic heterocycles. The fourth-order valence-electron chi connectivity index (χ4n) is 4.33. The maximum Gasteiger partial charge on any atom is 0.253 e. The van der Waals surface area contributed by atoms with Crippen LogP contribution in [0, 0.1) is 26.7 Å². The first-order valence-electron chi connectivity index (χ1n) is 10.1. The first kappa shape index (κ1) is 19.5. The molecule has 1 aliphatic rings. The fourth-order valence-corrected chi connectivity index (χ4v) is 4.33. The maximum atomic E-state index is 13.0. The van der Waals surface area contributed by atoms with Gasteiger partial charge in [0.05, 0.1) is 11.3 Å². The highest BCUT2D eigenvalue weighted by Gasteiger charge is 2.32. The molecule has 0 unspecified atom stereocenters. The quantitative estimate of drug-likeness (QED) is 0.721. The molecule has 1 fully saturated rings. The monoisotopic (exact) mass is 392 g/mol. The van der Waals surface area contributed by atoms with Crippen molar-refractivity contribution in [1.29, 1.82) is 0 Å². The van der Waals surface area contributed by atoms with Crippen LogP contribution >= 0.6 is 0 Å². The van der Waals surface area contributed by atoms with E-state index in [2.05, 4.69) is 34.0 Å². The van der Waals surface area contributed by atoms with Crippen molar-refractivity contribution in [2.45, 2.75) is 33.3 Å². The first-order chi connectivity index (χ1) is 14.0. The lowest BCUT2D eigenvalue weighted by Gasteiger charge is -2.19. The number of aryl methyl sites for hydroxylation is 3. The van der Waals surface area contributed by atoms with Crippen molar-refractivity contribution in [1.82, 2.24) is 19.7 Å². The largest absolute Gasteiger partial charge is 0.372 e. The van der Waals surface area contributed by atoms with E-state index in [1.165, 1.54) is 5.56 Å². The minimum absolute atomic E-state index is 0.0257. The van der Waals surface area contributed by atoms with Gasteiger partial charge in [0.2, 0.25) is 0 Å². The second-order valence-electron chi connectivity index (χ2n) is 7.84. The SMILES string of the molecule is Cc1ccccc1-n1c(C)cc(C(=O)NC[C@@H]2CCO[C@H]2c2ccnn2C)c1C. The summed E-state index contributed by atoms with van der Waals surface area (Å²) in [5, 5.41) is 7.38. The number of carbonyl (C=O) groups excluding carboxylic acids is 1. The Morgan fingerprint density at radius 2 is 2.03 bits per heavy atom. The molecule has 4 rings (SSSR count). The van der Waals surface area contributed by atoms with Gasteiger partial charge in [0.1, 0.15) is 6.10 Å². The molecule has 3 aromatic rings. The second kappa shape index (κ2) is 7.87. The van der Waals surface area contributed by atoms with Crippen molar-refractivity contribution in [2.24, 2.45) is 13.0 Å². The Labute approximate surface area is 171 Å². The van der Waals surface area contributed by atoms with Gasteiger partial charge in [0.15, 0.2) is 0 Å². The average molecular weight is 393 g/mol. The van der Waals surface area contributed by atoms with E-state index in [-0.39, 0.29) is 17.9 Å². The molecule has 1 saturated heterocycles. The third-order valence-corrected chi connectivity index (χ3v) is 5.92. The highest BCUT2D eigenvalue weighted by molar-refractivity contribution is 5.96. The van der Waals surface area contributed by atoms with Crippen molar-refractivity contribution >= 4 is 5.91 Å². The Hall–Kier alpha value is -2.86. The van der Waals surface area contributed by atoms with Crippen LogP contribution in [-0.2, 0) is 11.8 Å². The van der Waals surface area contributed by atoms with Crippen molar-refractivity contribution in [2.75, 3.05) is 13.2 Å². The summed E-state index contributed by atoms with van der Waals surface area (Å²) in [6.07, 6.45) is 2.69. The molecular weight excluding hydrogens is 364 g/mol. The Kier molecular flexibility index (Phi) is 5.28. The van der Waals surface area contributed by atoms with E-state index in [0.717, 1.165) is 34.8 Å². The van der Waals surface area contributed by atoms with E-state index in [1.54, 1.807) is 6.20 Å². The topological polar surface area (TPSA) is 61.1 Å². The van der Waals surface area contributed by atoms with Crippen LogP contribution in [0.4, 0.5) is 0 Å². The van der Waals surface area contributed by atoms with E-state index >= 15 is 0 Å². The average Bonchev–Trinajstić information content (AvgIpc) is 3.40. The molecule has 1 aromatic carbocycles. The van der Waals surface area contributed by atoms with Crippen molar-refractivity contribution in [3.8, 4) is 5.69 Å². The number of nitrogens with zero attached hydrogens (tertiary/aromatic N) is 3. The number of hydrogen-bond acceptors (Lipinski definition) is 3. The highest BCUT2D eigenvalue weighted by Crippen LogP contribution is 2.33. The van der Waals surface area contributed by atoms with Gasteiger partial charge in [0, 0.05) is 49.4 Å². The fraction of sp³-hybridized carbons (Fsp3) is 0.391. The van der Waals surface area contributed by atoms with Gasteiger partial charge < -0.3 is 14.6 Å². The van der Waals surface area contributed by atoms with Crippen molar-refractivity contribution < 1.29 is 9.53 Å². The number of benzene rings is 1. The molecule has 0 saturated carbocycles. The molecule has 2 aromatic heterocycles. The number of nitrogens with one attached hydrogen (secondary N) is 1. The van der Waals surface area contributed by atoms with E-state index in [1.807, 2.05) is 49.8 Å². The number of aromatic nitrogens is 3. The third-order valence-electron chi connectivity index (χ3n) is 5.92. The van der Waals surface area contributed by atoms with E-state index in [4.69, 9.17) is 4.74 Å². The van der Waals surface area contributed by atoms with Crippen LogP contribution in [0.3, 0.4) is 0 Å². The number of hydrogen-bond donors (Lipinski definition) is 1. The Morgan fingerprint density at radius 1 is 1.24 bits per heavy atom. The molecule has 6 nitrogen and oxygen atoms in total. The molecular formula is C23H28N4O2. The zero-order valence-electron chi connectivity index (χ0n) is 17.5. The maximum absolute atomic E-state index is 13.0. The van der Waals surface area contributed by atoms with Gasteiger partial charge in [-0.15, -0.1) is 0 Å². The minimum atomic E-state index is -0.0337. The smallest absolute Gasteiger partial charge is 0.253 e. The lowest BCUT2D eigenvalue weighted by molar-refractivity contribution is 0.0801. The number of rotatable bonds is 5. The van der Waals surface area contributed by atoms with Gasteiger partial charge in [-0.2, -0.15) is 5.10 Å². The van der Waals surface area contributed by atoms with Crippen LogP contribution in [0.1, 0.15) is 45.5 Å². The van der Waals surface area contributed by atoms with Gasteiger partial charge in [0.25, 0.3) is 5.91 Å². The summed E-state index contributed by atoms with van der Waals surface area (Å²) < 4.78 is 9.93. The van der Waals surface area contributed by atoms with Crippen molar-refractivity contribution in [3.05, 3.63) is 70.8 Å². The molecule has 0 aliphatic carbocycles. The number of carbonyl (C=O) groups is 1. The molecule has 0 radical (unpaired) electrons. The minimum Gasteiger partial charge on any atom is -0.372 e. The van der Waals surface area contributed by atoms with Gasteiger partial charge in [-0.1, -0.05) is 18.2 Å². The third kappa shape index (κ3) is 3.60. The predicted octanol–water partition coefficient (Wildman–Crippen LogP) is 3.64. The second-order valence-corrected chi connectivity index (χ2v) is 7.84. The molecule has 6 heteroatoms. The van der Waals surface area contributed by atoms with Crippen LogP contribution in [-0.4, -0.2) is 33.4 Å². The predicted molar refractivity (Wildman–Crippen MR) is 112 cm³/mol. The van der Waals surface area contributed by atoms with Crippen LogP contribution in [0.25, 0.3) is 5.69 Å². The molecule has 1 amide bonds. The summed E-state index contributed by atoms with van der Waals surface area (Å²) >= 11 is 0. The summed E-state index contributed by atoms with van der Waals surface area (Å²) in [6, 6.07) is 12.2. The van der Waals surface area contributed by atoms with Gasteiger partial charge in [-0.05, 0) is 51.0 Å². The molecule has 0 bridgehead atoms. The van der Waals surface area contributed by atoms with Gasteiger partial charge >= 0.3 is 0 Å². The lowest BCUT2D eigenvalue weighted by Crippen LogP contribution is -2.31. The summed E-state index contributed by atoms with van der Waals surface area (Å²) in [4.78, 5) is 13.0. The van der Waals surface area contributed by atoms with E-state index < -0.39 is 0 Å². The Bertz CT molecular complexity index is 1030. The van der Waals surface area contributed by atoms with Gasteiger partial charge in [-0.3, -0.25) is 9.48 Å². The molecule has 1 N–H and O–H groups in total. The Morgan fingerprint density at radius 3 is 2.76 bits per heavy atom. The standard InChI is InChI=1S/C23H28N4O2/c1-15-7-5-6-8-20(15)27-16(2)13-19(17(27)3)23(28)24-14-18-10-12-29-22(18)21-9-11-25-26(21)4/h5-9,11,13,18,22H,10,12,14H2,1-4H3,(H,24,28)/t18-,22+/m0/s1. The lowest BCUT2D eigenvalue weighted by atomic mass is 9.98. The Balaban J connectivity index is 1.50.